The summed E-state index contributed by atoms with van der Waals surface area (Å²) in [5.41, 5.74) is 6.31. The van der Waals surface area contributed by atoms with E-state index in [1.54, 1.807) is 6.07 Å². The third-order valence-corrected chi connectivity index (χ3v) is 2.81. The molecule has 17 heavy (non-hydrogen) atoms. The van der Waals surface area contributed by atoms with Crippen molar-refractivity contribution < 1.29 is 13.2 Å². The lowest BCUT2D eigenvalue weighted by Gasteiger charge is -2.11. The number of hydrogen-bond acceptors (Lipinski definition) is 5. The van der Waals surface area contributed by atoms with Crippen LogP contribution in [0.25, 0.3) is 0 Å². The van der Waals surface area contributed by atoms with E-state index in [0.29, 0.717) is 12.3 Å². The first-order valence-corrected chi connectivity index (χ1v) is 7.20. The van der Waals surface area contributed by atoms with Crippen LogP contribution in [0.15, 0.2) is 12.3 Å². The molecule has 1 saturated carbocycles. The van der Waals surface area contributed by atoms with Crippen LogP contribution in [0.3, 0.4) is 0 Å². The number of sulfonamides is 1. The van der Waals surface area contributed by atoms with Gasteiger partial charge in [0.15, 0.2) is 11.6 Å². The highest BCUT2D eigenvalue weighted by Crippen LogP contribution is 2.31. The minimum absolute atomic E-state index is 0.171. The van der Waals surface area contributed by atoms with E-state index in [1.807, 2.05) is 0 Å². The van der Waals surface area contributed by atoms with Crippen LogP contribution >= 0.6 is 0 Å². The second-order valence-electron chi connectivity index (χ2n) is 4.09. The van der Waals surface area contributed by atoms with Gasteiger partial charge in [-0.25, -0.2) is 13.4 Å². The summed E-state index contributed by atoms with van der Waals surface area (Å²) in [7, 11) is -3.36. The Balaban J connectivity index is 2.28. The van der Waals surface area contributed by atoms with E-state index in [4.69, 9.17) is 10.5 Å². The molecule has 0 unspecified atom stereocenters. The van der Waals surface area contributed by atoms with Crippen molar-refractivity contribution in [2.24, 2.45) is 5.73 Å². The Morgan fingerprint density at radius 1 is 1.59 bits per heavy atom. The molecule has 2 rings (SSSR count). The van der Waals surface area contributed by atoms with E-state index < -0.39 is 10.0 Å². The largest absolute Gasteiger partial charge is 0.487 e. The maximum absolute atomic E-state index is 11.2. The highest BCUT2D eigenvalue weighted by Gasteiger charge is 2.25. The molecular weight excluding hydrogens is 242 g/mol. The first-order chi connectivity index (χ1) is 7.98. The molecule has 1 heterocycles. The van der Waals surface area contributed by atoms with Crippen LogP contribution in [0.2, 0.25) is 0 Å². The van der Waals surface area contributed by atoms with Crippen molar-refractivity contribution >= 4 is 15.8 Å². The number of nitrogens with zero attached hydrogens (tertiary/aromatic N) is 1. The Labute approximate surface area is 100 Å². The molecule has 0 aromatic carbocycles. The number of hydrogen-bond donors (Lipinski definition) is 2. The lowest BCUT2D eigenvalue weighted by molar-refractivity contribution is 0.303. The molecule has 1 aromatic rings. The fourth-order valence-corrected chi connectivity index (χ4v) is 1.81. The van der Waals surface area contributed by atoms with E-state index >= 15 is 0 Å². The number of ether oxygens (including phenoxy) is 1. The van der Waals surface area contributed by atoms with Crippen molar-refractivity contribution in [1.82, 2.24) is 4.98 Å². The Morgan fingerprint density at radius 2 is 2.29 bits per heavy atom. The van der Waals surface area contributed by atoms with Gasteiger partial charge in [0.05, 0.1) is 12.4 Å². The molecule has 3 N–H and O–H groups in total. The molecule has 0 spiro atoms. The van der Waals surface area contributed by atoms with Crippen molar-refractivity contribution in [3.63, 3.8) is 0 Å². The monoisotopic (exact) mass is 257 g/mol. The smallest absolute Gasteiger partial charge is 0.231 e. The molecular formula is C10H15N3O3S. The van der Waals surface area contributed by atoms with Crippen molar-refractivity contribution in [1.29, 1.82) is 0 Å². The normalized spacial score (nSPS) is 15.6. The van der Waals surface area contributed by atoms with Crippen LogP contribution < -0.4 is 15.2 Å². The van der Waals surface area contributed by atoms with Gasteiger partial charge in [-0.05, 0) is 24.5 Å². The first-order valence-electron chi connectivity index (χ1n) is 5.31. The molecule has 7 heteroatoms. The molecule has 94 valence electrons. The molecule has 0 saturated heterocycles. The molecule has 0 atom stereocenters. The van der Waals surface area contributed by atoms with Gasteiger partial charge in [0, 0.05) is 12.7 Å². The molecule has 0 amide bonds. The Hall–Kier alpha value is -1.34. The molecule has 1 fully saturated rings. The zero-order valence-corrected chi connectivity index (χ0v) is 10.3. The minimum atomic E-state index is -3.36. The SMILES string of the molecule is CS(=O)(=O)Nc1ncc(CN)cc1OC1CC1. The van der Waals surface area contributed by atoms with Crippen molar-refractivity contribution in [2.75, 3.05) is 11.0 Å². The van der Waals surface area contributed by atoms with Gasteiger partial charge in [0.2, 0.25) is 10.0 Å². The second-order valence-corrected chi connectivity index (χ2v) is 5.83. The third-order valence-electron chi connectivity index (χ3n) is 2.25. The Kier molecular flexibility index (Phi) is 3.21. The average Bonchev–Trinajstić information content (AvgIpc) is 3.02. The van der Waals surface area contributed by atoms with Gasteiger partial charge in [-0.1, -0.05) is 0 Å². The molecule has 1 aliphatic carbocycles. The maximum Gasteiger partial charge on any atom is 0.231 e. The summed E-state index contributed by atoms with van der Waals surface area (Å²) in [4.78, 5) is 4.02. The molecule has 1 aliphatic rings. The fourth-order valence-electron chi connectivity index (χ4n) is 1.30. The Bertz CT molecular complexity index is 512. The van der Waals surface area contributed by atoms with Gasteiger partial charge in [0.25, 0.3) is 0 Å². The highest BCUT2D eigenvalue weighted by molar-refractivity contribution is 7.92. The summed E-state index contributed by atoms with van der Waals surface area (Å²) >= 11 is 0. The third kappa shape index (κ3) is 3.57. The zero-order chi connectivity index (χ0) is 12.5. The lowest BCUT2D eigenvalue weighted by Crippen LogP contribution is -2.13. The van der Waals surface area contributed by atoms with Crippen LogP contribution in [0.5, 0.6) is 5.75 Å². The predicted molar refractivity (Wildman–Crippen MR) is 64.2 cm³/mol. The van der Waals surface area contributed by atoms with Gasteiger partial charge in [-0.2, -0.15) is 0 Å². The number of pyridine rings is 1. The van der Waals surface area contributed by atoms with Gasteiger partial charge >= 0.3 is 0 Å². The van der Waals surface area contributed by atoms with E-state index in [9.17, 15) is 8.42 Å². The average molecular weight is 257 g/mol. The van der Waals surface area contributed by atoms with Gasteiger partial charge in [-0.3, -0.25) is 4.72 Å². The van der Waals surface area contributed by atoms with E-state index in [2.05, 4.69) is 9.71 Å². The standard InChI is InChI=1S/C10H15N3O3S/c1-17(14,15)13-10-9(16-8-2-3-8)4-7(5-11)6-12-10/h4,6,8H,2-3,5,11H2,1H3,(H,12,13). The summed E-state index contributed by atoms with van der Waals surface area (Å²) in [6.45, 7) is 0.340. The number of aromatic nitrogens is 1. The Morgan fingerprint density at radius 3 is 2.82 bits per heavy atom. The molecule has 0 radical (unpaired) electrons. The molecule has 1 aromatic heterocycles. The van der Waals surface area contributed by atoms with Gasteiger partial charge in [-0.15, -0.1) is 0 Å². The number of nitrogens with two attached hydrogens (primary N) is 1. The summed E-state index contributed by atoms with van der Waals surface area (Å²) in [5.74, 6) is 0.664. The van der Waals surface area contributed by atoms with Crippen LogP contribution in [-0.4, -0.2) is 25.8 Å². The quantitative estimate of drug-likeness (QED) is 0.798. The lowest BCUT2D eigenvalue weighted by atomic mass is 10.3. The van der Waals surface area contributed by atoms with Gasteiger partial charge in [0.1, 0.15) is 0 Å². The maximum atomic E-state index is 11.2. The zero-order valence-electron chi connectivity index (χ0n) is 9.51. The van der Waals surface area contributed by atoms with E-state index in [1.165, 1.54) is 6.20 Å². The van der Waals surface area contributed by atoms with E-state index in [0.717, 1.165) is 24.7 Å². The second kappa shape index (κ2) is 4.50. The number of anilines is 1. The molecule has 6 nitrogen and oxygen atoms in total. The van der Waals surface area contributed by atoms with Crippen LogP contribution in [-0.2, 0) is 16.6 Å². The minimum Gasteiger partial charge on any atom is -0.487 e. The van der Waals surface area contributed by atoms with Crippen LogP contribution in [0.1, 0.15) is 18.4 Å². The van der Waals surface area contributed by atoms with Gasteiger partial charge < -0.3 is 10.5 Å². The van der Waals surface area contributed by atoms with Crippen LogP contribution in [0.4, 0.5) is 5.82 Å². The van der Waals surface area contributed by atoms with E-state index in [-0.39, 0.29) is 11.9 Å². The summed E-state index contributed by atoms with van der Waals surface area (Å²) < 4.78 is 30.3. The highest BCUT2D eigenvalue weighted by atomic mass is 32.2. The number of rotatable bonds is 5. The van der Waals surface area contributed by atoms with Crippen molar-refractivity contribution in [3.8, 4) is 5.75 Å². The van der Waals surface area contributed by atoms with Crippen molar-refractivity contribution in [3.05, 3.63) is 17.8 Å². The van der Waals surface area contributed by atoms with Crippen LogP contribution in [0, 0.1) is 0 Å². The van der Waals surface area contributed by atoms with Crippen molar-refractivity contribution in [2.45, 2.75) is 25.5 Å². The molecule has 0 aliphatic heterocycles. The first kappa shape index (κ1) is 12.1. The number of nitrogens with one attached hydrogen (secondary N) is 1. The predicted octanol–water partition coefficient (Wildman–Crippen LogP) is 0.453. The topological polar surface area (TPSA) is 94.3 Å². The fraction of sp³-hybridized carbons (Fsp3) is 0.500. The summed E-state index contributed by atoms with van der Waals surface area (Å²) in [6, 6.07) is 1.72. The summed E-state index contributed by atoms with van der Waals surface area (Å²) in [6.07, 6.45) is 4.76. The molecule has 0 bridgehead atoms. The summed E-state index contributed by atoms with van der Waals surface area (Å²) in [5, 5.41) is 0.